The number of aromatic nitrogens is 1. The number of aliphatic hydroxyl groups is 1. The van der Waals surface area contributed by atoms with E-state index in [4.69, 9.17) is 4.74 Å². The third kappa shape index (κ3) is 3.60. The highest BCUT2D eigenvalue weighted by Crippen LogP contribution is 2.47. The Kier molecular flexibility index (Phi) is 5.62. The number of nitro groups is 1. The summed E-state index contributed by atoms with van der Waals surface area (Å²) in [6, 6.07) is 6.24. The van der Waals surface area contributed by atoms with E-state index in [2.05, 4.69) is 9.37 Å². The number of hydrogen-bond acceptors (Lipinski definition) is 8. The van der Waals surface area contributed by atoms with Crippen molar-refractivity contribution < 1.29 is 19.6 Å². The molecule has 142 valence electrons. The minimum absolute atomic E-state index is 0.0521. The Morgan fingerprint density at radius 3 is 2.89 bits per heavy atom. The van der Waals surface area contributed by atoms with Crippen LogP contribution in [0.2, 0.25) is 0 Å². The third-order valence-corrected chi connectivity index (χ3v) is 5.28. The number of ether oxygens (including phenoxy) is 1. The van der Waals surface area contributed by atoms with Crippen LogP contribution in [0.25, 0.3) is 0 Å². The van der Waals surface area contributed by atoms with E-state index in [-0.39, 0.29) is 18.9 Å². The molecule has 0 spiro atoms. The summed E-state index contributed by atoms with van der Waals surface area (Å²) < 4.78 is 9.64. The van der Waals surface area contributed by atoms with Gasteiger partial charge < -0.3 is 9.84 Å². The summed E-state index contributed by atoms with van der Waals surface area (Å²) in [6.07, 6.45) is 0.321. The summed E-state index contributed by atoms with van der Waals surface area (Å²) in [4.78, 5) is 28.0. The largest absolute Gasteiger partial charge is 0.465 e. The standard InChI is InChI=1S/C18H19N3O5S/c1-3-26-18(23)14-10(2)19-17-16(13(7-8-22)20-27-17)15(14)11-5-4-6-12(9-11)21(24)25/h4-6,9,14-15,22H,3,7-8H2,1-2H3. The number of benzene rings is 1. The van der Waals surface area contributed by atoms with Crippen LogP contribution in [0.15, 0.2) is 29.3 Å². The first-order chi connectivity index (χ1) is 13.0. The number of carbonyl (C=O) groups is 1. The number of aliphatic imine (C=N–C) groups is 1. The van der Waals surface area contributed by atoms with E-state index in [0.717, 1.165) is 5.56 Å². The van der Waals surface area contributed by atoms with Gasteiger partial charge >= 0.3 is 5.97 Å². The molecular formula is C18H19N3O5S. The molecule has 0 bridgehead atoms. The number of carbonyl (C=O) groups excluding carboxylic acids is 1. The average molecular weight is 389 g/mol. The number of aliphatic hydroxyl groups excluding tert-OH is 1. The first-order valence-corrected chi connectivity index (χ1v) is 9.30. The predicted molar refractivity (Wildman–Crippen MR) is 101 cm³/mol. The molecule has 0 radical (unpaired) electrons. The molecule has 27 heavy (non-hydrogen) atoms. The lowest BCUT2D eigenvalue weighted by atomic mass is 9.76. The molecule has 0 amide bonds. The van der Waals surface area contributed by atoms with Gasteiger partial charge in [-0.25, -0.2) is 4.99 Å². The van der Waals surface area contributed by atoms with Gasteiger partial charge in [0.2, 0.25) is 0 Å². The molecule has 3 rings (SSSR count). The second-order valence-corrected chi connectivity index (χ2v) is 6.89. The smallest absolute Gasteiger partial charge is 0.315 e. The van der Waals surface area contributed by atoms with Gasteiger partial charge in [-0.3, -0.25) is 14.9 Å². The fraction of sp³-hybridized carbons (Fsp3) is 0.389. The van der Waals surface area contributed by atoms with Crippen molar-refractivity contribution in [2.24, 2.45) is 10.9 Å². The molecule has 1 aromatic carbocycles. The molecule has 8 nitrogen and oxygen atoms in total. The van der Waals surface area contributed by atoms with Crippen molar-refractivity contribution >= 4 is 33.9 Å². The number of nitrogens with zero attached hydrogens (tertiary/aromatic N) is 3. The number of fused-ring (bicyclic) bond motifs is 1. The van der Waals surface area contributed by atoms with Gasteiger partial charge in [0, 0.05) is 42.4 Å². The van der Waals surface area contributed by atoms with E-state index in [1.54, 1.807) is 26.0 Å². The van der Waals surface area contributed by atoms with Crippen molar-refractivity contribution in [1.82, 2.24) is 4.37 Å². The van der Waals surface area contributed by atoms with Gasteiger partial charge in [0.15, 0.2) is 0 Å². The molecule has 1 aliphatic rings. The summed E-state index contributed by atoms with van der Waals surface area (Å²) in [6.45, 7) is 3.61. The molecule has 2 heterocycles. The van der Waals surface area contributed by atoms with Crippen LogP contribution in [-0.4, -0.2) is 39.3 Å². The van der Waals surface area contributed by atoms with Crippen molar-refractivity contribution in [3.8, 4) is 0 Å². The molecule has 2 aromatic rings. The zero-order valence-electron chi connectivity index (χ0n) is 14.9. The highest BCUT2D eigenvalue weighted by atomic mass is 32.1. The van der Waals surface area contributed by atoms with Crippen LogP contribution < -0.4 is 0 Å². The first kappa shape index (κ1) is 19.1. The van der Waals surface area contributed by atoms with Crippen molar-refractivity contribution in [3.05, 3.63) is 51.2 Å². The highest BCUT2D eigenvalue weighted by Gasteiger charge is 2.41. The minimum Gasteiger partial charge on any atom is -0.465 e. The van der Waals surface area contributed by atoms with E-state index < -0.39 is 22.7 Å². The number of hydrogen-bond donors (Lipinski definition) is 1. The molecule has 0 fully saturated rings. The Morgan fingerprint density at radius 2 is 2.22 bits per heavy atom. The third-order valence-electron chi connectivity index (χ3n) is 4.49. The maximum absolute atomic E-state index is 12.7. The van der Waals surface area contributed by atoms with Crippen molar-refractivity contribution in [1.29, 1.82) is 0 Å². The van der Waals surface area contributed by atoms with Gasteiger partial charge in [0.25, 0.3) is 5.69 Å². The number of esters is 1. The van der Waals surface area contributed by atoms with E-state index in [0.29, 0.717) is 28.4 Å². The number of non-ortho nitro benzene ring substituents is 1. The van der Waals surface area contributed by atoms with Crippen LogP contribution in [-0.2, 0) is 16.0 Å². The molecule has 9 heteroatoms. The van der Waals surface area contributed by atoms with E-state index in [9.17, 15) is 20.0 Å². The van der Waals surface area contributed by atoms with E-state index in [1.165, 1.54) is 23.7 Å². The van der Waals surface area contributed by atoms with Gasteiger partial charge in [-0.15, -0.1) is 0 Å². The molecule has 1 N–H and O–H groups in total. The Balaban J connectivity index is 2.20. The van der Waals surface area contributed by atoms with Crippen molar-refractivity contribution in [2.75, 3.05) is 13.2 Å². The van der Waals surface area contributed by atoms with Crippen LogP contribution in [0.4, 0.5) is 10.7 Å². The summed E-state index contributed by atoms with van der Waals surface area (Å²) in [5.41, 5.74) is 2.54. The minimum atomic E-state index is -0.701. The predicted octanol–water partition coefficient (Wildman–Crippen LogP) is 3.00. The Morgan fingerprint density at radius 1 is 1.44 bits per heavy atom. The lowest BCUT2D eigenvalue weighted by Gasteiger charge is -2.29. The lowest BCUT2D eigenvalue weighted by Crippen LogP contribution is -2.33. The summed E-state index contributed by atoms with van der Waals surface area (Å²) in [7, 11) is 0. The van der Waals surface area contributed by atoms with Gasteiger partial charge in [-0.05, 0) is 30.9 Å². The van der Waals surface area contributed by atoms with Gasteiger partial charge in [0.1, 0.15) is 10.9 Å². The van der Waals surface area contributed by atoms with E-state index >= 15 is 0 Å². The summed E-state index contributed by atoms with van der Waals surface area (Å²) in [5.74, 6) is -1.63. The Hall–Kier alpha value is -2.65. The number of rotatable bonds is 6. The van der Waals surface area contributed by atoms with Gasteiger partial charge in [-0.1, -0.05) is 12.1 Å². The summed E-state index contributed by atoms with van der Waals surface area (Å²) >= 11 is 1.20. The quantitative estimate of drug-likeness (QED) is 0.461. The molecule has 2 atom stereocenters. The maximum atomic E-state index is 12.7. The lowest BCUT2D eigenvalue weighted by molar-refractivity contribution is -0.384. The summed E-state index contributed by atoms with van der Waals surface area (Å²) in [5, 5.41) is 21.3. The Bertz CT molecular complexity index is 908. The SMILES string of the molecule is CCOC(=O)C1C(C)=Nc2snc(CCO)c2C1c1cccc([N+](=O)[O-])c1. The van der Waals surface area contributed by atoms with Crippen molar-refractivity contribution in [3.63, 3.8) is 0 Å². The van der Waals surface area contributed by atoms with Crippen LogP contribution in [0.1, 0.15) is 36.6 Å². The first-order valence-electron chi connectivity index (χ1n) is 8.53. The highest BCUT2D eigenvalue weighted by molar-refractivity contribution is 7.10. The molecule has 1 aliphatic heterocycles. The molecular weight excluding hydrogens is 370 g/mol. The number of nitro benzene ring substituents is 1. The van der Waals surface area contributed by atoms with E-state index in [1.807, 2.05) is 0 Å². The van der Waals surface area contributed by atoms with Crippen LogP contribution in [0.5, 0.6) is 0 Å². The second kappa shape index (κ2) is 7.93. The fourth-order valence-corrected chi connectivity index (χ4v) is 4.28. The monoisotopic (exact) mass is 389 g/mol. The van der Waals surface area contributed by atoms with Crippen LogP contribution in [0, 0.1) is 16.0 Å². The molecule has 1 aromatic heterocycles. The average Bonchev–Trinajstić information content (AvgIpc) is 3.03. The van der Waals surface area contributed by atoms with Crippen LogP contribution >= 0.6 is 11.5 Å². The maximum Gasteiger partial charge on any atom is 0.315 e. The zero-order valence-corrected chi connectivity index (χ0v) is 15.7. The molecule has 2 unspecified atom stereocenters. The molecule has 0 saturated heterocycles. The van der Waals surface area contributed by atoms with Gasteiger partial charge in [0.05, 0.1) is 17.2 Å². The normalized spacial score (nSPS) is 18.6. The van der Waals surface area contributed by atoms with Gasteiger partial charge in [-0.2, -0.15) is 4.37 Å². The molecule has 0 saturated carbocycles. The molecule has 0 aliphatic carbocycles. The topological polar surface area (TPSA) is 115 Å². The zero-order chi connectivity index (χ0) is 19.6. The second-order valence-electron chi connectivity index (χ2n) is 6.13. The van der Waals surface area contributed by atoms with Crippen molar-refractivity contribution in [2.45, 2.75) is 26.2 Å². The van der Waals surface area contributed by atoms with Crippen LogP contribution in [0.3, 0.4) is 0 Å². The Labute approximate surface area is 159 Å². The fourth-order valence-electron chi connectivity index (χ4n) is 3.37.